The molecule has 1 aliphatic rings. The zero-order chi connectivity index (χ0) is 19.3. The Bertz CT molecular complexity index is 1170. The van der Waals surface area contributed by atoms with Crippen LogP contribution in [-0.2, 0) is 38.3 Å². The first-order valence-electron chi connectivity index (χ1n) is 8.74. The predicted octanol–water partition coefficient (Wildman–Crippen LogP) is 0.654. The molecule has 142 valence electrons. The molecule has 3 aromatic heterocycles. The molecule has 9 nitrogen and oxygen atoms in total. The average Bonchev–Trinajstić information content (AvgIpc) is 3.19. The molecule has 0 fully saturated rings. The molecule has 0 spiro atoms. The fourth-order valence-corrected chi connectivity index (χ4v) is 4.62. The molecule has 27 heavy (non-hydrogen) atoms. The van der Waals surface area contributed by atoms with Crippen molar-refractivity contribution in [3.63, 3.8) is 0 Å². The normalized spacial score (nSPS) is 16.5. The van der Waals surface area contributed by atoms with E-state index >= 15 is 0 Å². The number of hydrogen-bond donors (Lipinski definition) is 1. The van der Waals surface area contributed by atoms with Crippen LogP contribution in [0.25, 0.3) is 11.2 Å². The SMILES string of the molecule is CC1CCc2nc(NC(=O)Cn3c(=O)c4c(ncn4C)n(C)c3=O)sc2C1. The molecule has 0 radical (unpaired) electrons. The van der Waals surface area contributed by atoms with Crippen LogP contribution in [0.2, 0.25) is 0 Å². The molecule has 1 atom stereocenters. The number of carbonyl (C=O) groups is 1. The lowest BCUT2D eigenvalue weighted by Gasteiger charge is -2.15. The number of carbonyl (C=O) groups excluding carboxylic acids is 1. The standard InChI is InChI=1S/C17H20N6O3S/c1-9-4-5-10-11(6-9)27-16(19-10)20-12(24)7-23-15(25)13-14(18-8-21(13)2)22(3)17(23)26/h8-9H,4-7H2,1-3H3,(H,19,20,24). The molecule has 0 saturated heterocycles. The van der Waals surface area contributed by atoms with Gasteiger partial charge < -0.3 is 9.88 Å². The van der Waals surface area contributed by atoms with E-state index in [0.717, 1.165) is 29.5 Å². The fourth-order valence-electron chi connectivity index (χ4n) is 3.43. The summed E-state index contributed by atoms with van der Waals surface area (Å²) in [6.07, 6.45) is 4.46. The highest BCUT2D eigenvalue weighted by molar-refractivity contribution is 7.15. The molecule has 0 bridgehead atoms. The van der Waals surface area contributed by atoms with Crippen LogP contribution in [0.5, 0.6) is 0 Å². The molecule has 1 N–H and O–H groups in total. The van der Waals surface area contributed by atoms with Crippen LogP contribution in [-0.4, -0.2) is 29.6 Å². The van der Waals surface area contributed by atoms with Crippen molar-refractivity contribution in [3.8, 4) is 0 Å². The summed E-state index contributed by atoms with van der Waals surface area (Å²) in [6, 6.07) is 0. The van der Waals surface area contributed by atoms with Crippen LogP contribution in [0, 0.1) is 5.92 Å². The van der Waals surface area contributed by atoms with Gasteiger partial charge in [-0.15, -0.1) is 11.3 Å². The lowest BCUT2D eigenvalue weighted by atomic mass is 9.93. The molecular formula is C17H20N6O3S. The number of rotatable bonds is 3. The molecule has 3 heterocycles. The maximum atomic E-state index is 12.7. The van der Waals surface area contributed by atoms with Crippen LogP contribution >= 0.6 is 11.3 Å². The zero-order valence-electron chi connectivity index (χ0n) is 15.4. The van der Waals surface area contributed by atoms with Crippen LogP contribution in [0.15, 0.2) is 15.9 Å². The first-order valence-corrected chi connectivity index (χ1v) is 9.56. The molecule has 10 heteroatoms. The van der Waals surface area contributed by atoms with Crippen LogP contribution in [0.3, 0.4) is 0 Å². The minimum Gasteiger partial charge on any atom is -0.328 e. The summed E-state index contributed by atoms with van der Waals surface area (Å²) in [5.74, 6) is 0.170. The second-order valence-corrected chi connectivity index (χ2v) is 8.13. The summed E-state index contributed by atoms with van der Waals surface area (Å²) in [6.45, 7) is 1.84. The van der Waals surface area contributed by atoms with Crippen LogP contribution < -0.4 is 16.6 Å². The molecule has 0 aromatic carbocycles. The Hall–Kier alpha value is -2.75. The van der Waals surface area contributed by atoms with Gasteiger partial charge >= 0.3 is 5.69 Å². The fraction of sp³-hybridized carbons (Fsp3) is 0.471. The average molecular weight is 388 g/mol. The third-order valence-corrected chi connectivity index (χ3v) is 5.97. The van der Waals surface area contributed by atoms with E-state index in [9.17, 15) is 14.4 Å². The van der Waals surface area contributed by atoms with Gasteiger partial charge in [0.25, 0.3) is 5.56 Å². The van der Waals surface area contributed by atoms with Crippen molar-refractivity contribution >= 4 is 33.5 Å². The first kappa shape index (κ1) is 17.7. The van der Waals surface area contributed by atoms with Gasteiger partial charge in [-0.1, -0.05) is 6.92 Å². The largest absolute Gasteiger partial charge is 0.332 e. The summed E-state index contributed by atoms with van der Waals surface area (Å²) >= 11 is 1.47. The topological polar surface area (TPSA) is 104 Å². The predicted molar refractivity (Wildman–Crippen MR) is 102 cm³/mol. The number of thiazole rings is 1. The van der Waals surface area contributed by atoms with E-state index < -0.39 is 17.2 Å². The van der Waals surface area contributed by atoms with E-state index in [0.29, 0.717) is 16.7 Å². The summed E-state index contributed by atoms with van der Waals surface area (Å²) < 4.78 is 3.74. The Kier molecular flexibility index (Phi) is 4.22. The van der Waals surface area contributed by atoms with Crippen LogP contribution in [0.4, 0.5) is 5.13 Å². The van der Waals surface area contributed by atoms with Gasteiger partial charge in [-0.3, -0.25) is 14.2 Å². The molecule has 1 amide bonds. The van der Waals surface area contributed by atoms with Crippen molar-refractivity contribution in [2.45, 2.75) is 32.7 Å². The summed E-state index contributed by atoms with van der Waals surface area (Å²) in [5, 5.41) is 3.25. The van der Waals surface area contributed by atoms with Gasteiger partial charge in [0.2, 0.25) is 5.91 Å². The number of imidazole rings is 1. The molecule has 1 aliphatic carbocycles. The molecular weight excluding hydrogens is 368 g/mol. The van der Waals surface area contributed by atoms with E-state index in [1.54, 1.807) is 11.6 Å². The third-order valence-electron chi connectivity index (χ3n) is 4.94. The van der Waals surface area contributed by atoms with Crippen molar-refractivity contribution < 1.29 is 4.79 Å². The number of fused-ring (bicyclic) bond motifs is 2. The van der Waals surface area contributed by atoms with E-state index in [2.05, 4.69) is 22.2 Å². The quantitative estimate of drug-likeness (QED) is 0.710. The lowest BCUT2D eigenvalue weighted by Crippen LogP contribution is -2.42. The second-order valence-electron chi connectivity index (χ2n) is 7.05. The summed E-state index contributed by atoms with van der Waals surface area (Å²) in [7, 11) is 3.20. The Morgan fingerprint density at radius 2 is 2.15 bits per heavy atom. The van der Waals surface area contributed by atoms with Crippen molar-refractivity contribution in [1.82, 2.24) is 23.7 Å². The summed E-state index contributed by atoms with van der Waals surface area (Å²) in [5.41, 5.74) is 0.511. The van der Waals surface area contributed by atoms with Crippen molar-refractivity contribution in [3.05, 3.63) is 37.7 Å². The highest BCUT2D eigenvalue weighted by Gasteiger charge is 2.21. The van der Waals surface area contributed by atoms with E-state index in [1.165, 1.54) is 34.2 Å². The number of anilines is 1. The molecule has 4 rings (SSSR count). The van der Waals surface area contributed by atoms with E-state index in [1.807, 2.05) is 0 Å². The van der Waals surface area contributed by atoms with Gasteiger partial charge in [0.1, 0.15) is 6.54 Å². The second kappa shape index (κ2) is 6.45. The highest BCUT2D eigenvalue weighted by Crippen LogP contribution is 2.32. The Morgan fingerprint density at radius 3 is 2.93 bits per heavy atom. The van der Waals surface area contributed by atoms with Gasteiger partial charge in [0, 0.05) is 19.0 Å². The van der Waals surface area contributed by atoms with E-state index in [-0.39, 0.29) is 12.1 Å². The van der Waals surface area contributed by atoms with Gasteiger partial charge in [-0.2, -0.15) is 0 Å². The Labute approximate surface area is 158 Å². The van der Waals surface area contributed by atoms with Gasteiger partial charge in [-0.05, 0) is 25.2 Å². The minimum atomic E-state index is -0.575. The van der Waals surface area contributed by atoms with Gasteiger partial charge in [0.15, 0.2) is 16.3 Å². The highest BCUT2D eigenvalue weighted by atomic mass is 32.1. The molecule has 3 aromatic rings. The number of aromatic nitrogens is 5. The first-order chi connectivity index (χ1) is 12.8. The zero-order valence-corrected chi connectivity index (χ0v) is 16.2. The number of aryl methyl sites for hydroxylation is 3. The van der Waals surface area contributed by atoms with Crippen LogP contribution in [0.1, 0.15) is 23.9 Å². The third kappa shape index (κ3) is 2.99. The van der Waals surface area contributed by atoms with Crippen molar-refractivity contribution in [2.75, 3.05) is 5.32 Å². The lowest BCUT2D eigenvalue weighted by molar-refractivity contribution is -0.116. The van der Waals surface area contributed by atoms with E-state index in [4.69, 9.17) is 0 Å². The van der Waals surface area contributed by atoms with Crippen molar-refractivity contribution in [1.29, 1.82) is 0 Å². The number of nitrogens with one attached hydrogen (secondary N) is 1. The molecule has 0 saturated carbocycles. The number of nitrogens with zero attached hydrogens (tertiary/aromatic N) is 5. The number of amides is 1. The summed E-state index contributed by atoms with van der Waals surface area (Å²) in [4.78, 5) is 47.4. The number of hydrogen-bond acceptors (Lipinski definition) is 6. The maximum Gasteiger partial charge on any atom is 0.332 e. The molecule has 1 unspecified atom stereocenters. The monoisotopic (exact) mass is 388 g/mol. The van der Waals surface area contributed by atoms with Gasteiger partial charge in [-0.25, -0.2) is 19.3 Å². The Morgan fingerprint density at radius 1 is 1.37 bits per heavy atom. The maximum absolute atomic E-state index is 12.7. The smallest absolute Gasteiger partial charge is 0.328 e. The van der Waals surface area contributed by atoms with Crippen molar-refractivity contribution in [2.24, 2.45) is 20.0 Å². The van der Waals surface area contributed by atoms with Gasteiger partial charge in [0.05, 0.1) is 12.0 Å². The molecule has 0 aliphatic heterocycles. The minimum absolute atomic E-state index is 0.281. The Balaban J connectivity index is 1.61.